The van der Waals surface area contributed by atoms with Crippen LogP contribution in [0.25, 0.3) is 0 Å². The van der Waals surface area contributed by atoms with Crippen LogP contribution in [-0.2, 0) is 11.8 Å². The molecule has 3 N–H and O–H groups in total. The number of carbonyl (C=O) groups excluding carboxylic acids is 1. The highest BCUT2D eigenvalue weighted by Crippen LogP contribution is 2.20. The number of rotatable bonds is 6. The molecule has 2 aromatic carbocycles. The number of aryl methyl sites for hydroxylation is 2. The molecule has 0 aliphatic carbocycles. The zero-order chi connectivity index (χ0) is 22.4. The zero-order valence-corrected chi connectivity index (χ0v) is 18.1. The molecule has 1 heterocycles. The molecule has 0 spiro atoms. The van der Waals surface area contributed by atoms with Gasteiger partial charge in [0.15, 0.2) is 5.82 Å². The molecule has 0 bridgehead atoms. The number of carbonyl (C=O) groups is 1. The molecule has 31 heavy (non-hydrogen) atoms. The van der Waals surface area contributed by atoms with Gasteiger partial charge in [-0.3, -0.25) is 9.48 Å². The van der Waals surface area contributed by atoms with Gasteiger partial charge in [-0.15, -0.1) is 0 Å². The molecular formula is C24H26N4O3. The molecule has 0 aliphatic rings. The number of amides is 1. The Balaban J connectivity index is 1.91. The number of nitrogens with zero attached hydrogens (tertiary/aromatic N) is 2. The number of methoxy groups -OCH3 is 1. The third-order valence-corrected chi connectivity index (χ3v) is 4.49. The summed E-state index contributed by atoms with van der Waals surface area (Å²) in [6.07, 6.45) is 1.57. The van der Waals surface area contributed by atoms with Crippen molar-refractivity contribution in [2.75, 3.05) is 24.8 Å². The van der Waals surface area contributed by atoms with E-state index in [1.54, 1.807) is 49.3 Å². The summed E-state index contributed by atoms with van der Waals surface area (Å²) in [6, 6.07) is 12.6. The lowest BCUT2D eigenvalue weighted by atomic mass is 10.1. The average Bonchev–Trinajstić information content (AvgIpc) is 3.13. The van der Waals surface area contributed by atoms with E-state index >= 15 is 0 Å². The molecule has 1 aromatic heterocycles. The van der Waals surface area contributed by atoms with Crippen LogP contribution < -0.4 is 15.8 Å². The second-order valence-corrected chi connectivity index (χ2v) is 7.28. The van der Waals surface area contributed by atoms with Crippen molar-refractivity contribution in [2.24, 2.45) is 7.05 Å². The van der Waals surface area contributed by atoms with Crippen LogP contribution in [0, 0.1) is 18.8 Å². The molecule has 160 valence electrons. The van der Waals surface area contributed by atoms with Gasteiger partial charge in [-0.05, 0) is 49.7 Å². The van der Waals surface area contributed by atoms with E-state index < -0.39 is 0 Å². The van der Waals surface area contributed by atoms with Crippen LogP contribution in [0.2, 0.25) is 0 Å². The molecule has 1 amide bonds. The van der Waals surface area contributed by atoms with Crippen molar-refractivity contribution < 1.29 is 14.3 Å². The minimum absolute atomic E-state index is 0.184. The summed E-state index contributed by atoms with van der Waals surface area (Å²) in [6.45, 7) is 4.26. The number of anilines is 2. The van der Waals surface area contributed by atoms with E-state index in [2.05, 4.69) is 22.3 Å². The molecule has 3 rings (SSSR count). The largest absolute Gasteiger partial charge is 0.488 e. The lowest BCUT2D eigenvalue weighted by molar-refractivity contribution is 0.0917. The maximum absolute atomic E-state index is 12.8. The summed E-state index contributed by atoms with van der Waals surface area (Å²) in [5, 5.41) is 6.97. The van der Waals surface area contributed by atoms with E-state index in [4.69, 9.17) is 15.2 Å². The first kappa shape index (κ1) is 21.9. The molecule has 0 saturated carbocycles. The fourth-order valence-electron chi connectivity index (χ4n) is 2.90. The lowest BCUT2D eigenvalue weighted by Crippen LogP contribution is -2.19. The number of hydrogen-bond acceptors (Lipinski definition) is 5. The van der Waals surface area contributed by atoms with Crippen molar-refractivity contribution in [1.82, 2.24) is 9.78 Å². The highest BCUT2D eigenvalue weighted by molar-refractivity contribution is 6.04. The third-order valence-electron chi connectivity index (χ3n) is 4.49. The van der Waals surface area contributed by atoms with Crippen molar-refractivity contribution in [1.29, 1.82) is 0 Å². The Hall–Kier alpha value is -3.76. The number of benzene rings is 2. The highest BCUT2D eigenvalue weighted by Gasteiger charge is 2.12. The van der Waals surface area contributed by atoms with Gasteiger partial charge in [0.05, 0.1) is 6.61 Å². The molecule has 0 aliphatic heterocycles. The predicted octanol–water partition coefficient (Wildman–Crippen LogP) is 3.38. The van der Waals surface area contributed by atoms with Gasteiger partial charge in [-0.25, -0.2) is 0 Å². The van der Waals surface area contributed by atoms with Crippen LogP contribution in [0.3, 0.4) is 0 Å². The van der Waals surface area contributed by atoms with Crippen LogP contribution in [0.1, 0.15) is 34.0 Å². The summed E-state index contributed by atoms with van der Waals surface area (Å²) in [7, 11) is 3.40. The monoisotopic (exact) mass is 418 g/mol. The van der Waals surface area contributed by atoms with E-state index in [1.165, 1.54) is 0 Å². The second-order valence-electron chi connectivity index (χ2n) is 7.28. The molecule has 0 fully saturated rings. The van der Waals surface area contributed by atoms with Crippen molar-refractivity contribution >= 4 is 17.4 Å². The predicted molar refractivity (Wildman–Crippen MR) is 121 cm³/mol. The standard InChI is InChI=1S/C24H26N4O3/c1-16-5-6-18(13-22(16)25)7-8-19-11-20(14-21(12-19)31-17(2)15-30-4)24(29)26-23-9-10-28(3)27-23/h5-6,9-14,17H,15,25H2,1-4H3,(H,26,27,29)/t17-/m0/s1. The van der Waals surface area contributed by atoms with Crippen LogP contribution in [0.5, 0.6) is 5.75 Å². The molecular weight excluding hydrogens is 392 g/mol. The van der Waals surface area contributed by atoms with Gasteiger partial charge in [0.1, 0.15) is 11.9 Å². The van der Waals surface area contributed by atoms with E-state index in [-0.39, 0.29) is 12.0 Å². The number of nitrogens with two attached hydrogens (primary N) is 1. The maximum Gasteiger partial charge on any atom is 0.257 e. The Morgan fingerprint density at radius 2 is 1.97 bits per heavy atom. The fourth-order valence-corrected chi connectivity index (χ4v) is 2.90. The van der Waals surface area contributed by atoms with E-state index in [0.717, 1.165) is 11.1 Å². The van der Waals surface area contributed by atoms with E-state index in [1.807, 2.05) is 32.0 Å². The van der Waals surface area contributed by atoms with Crippen LogP contribution >= 0.6 is 0 Å². The van der Waals surface area contributed by atoms with Gasteiger partial charge >= 0.3 is 0 Å². The first-order valence-electron chi connectivity index (χ1n) is 9.84. The van der Waals surface area contributed by atoms with Gasteiger partial charge in [0, 0.05) is 48.8 Å². The Morgan fingerprint density at radius 3 is 2.65 bits per heavy atom. The first-order valence-corrected chi connectivity index (χ1v) is 9.84. The van der Waals surface area contributed by atoms with E-state index in [0.29, 0.717) is 35.0 Å². The number of hydrogen-bond donors (Lipinski definition) is 2. The Labute approximate surface area is 182 Å². The normalized spacial score (nSPS) is 11.4. The summed E-state index contributed by atoms with van der Waals surface area (Å²) in [5.74, 6) is 6.90. The quantitative estimate of drug-likeness (QED) is 0.473. The van der Waals surface area contributed by atoms with Crippen molar-refractivity contribution in [3.05, 3.63) is 70.9 Å². The minimum Gasteiger partial charge on any atom is -0.488 e. The molecule has 1 atom stereocenters. The smallest absolute Gasteiger partial charge is 0.257 e. The maximum atomic E-state index is 12.8. The molecule has 0 radical (unpaired) electrons. The van der Waals surface area contributed by atoms with Crippen LogP contribution in [0.4, 0.5) is 11.5 Å². The fraction of sp³-hybridized carbons (Fsp3) is 0.250. The van der Waals surface area contributed by atoms with E-state index in [9.17, 15) is 4.79 Å². The molecule has 0 unspecified atom stereocenters. The number of nitrogens with one attached hydrogen (secondary N) is 1. The summed E-state index contributed by atoms with van der Waals surface area (Å²) < 4.78 is 12.7. The molecule has 0 saturated heterocycles. The summed E-state index contributed by atoms with van der Waals surface area (Å²) in [5.41, 5.74) is 9.52. The van der Waals surface area contributed by atoms with Crippen molar-refractivity contribution in [3.8, 4) is 17.6 Å². The first-order chi connectivity index (χ1) is 14.8. The van der Waals surface area contributed by atoms with Gasteiger partial charge in [0.25, 0.3) is 5.91 Å². The highest BCUT2D eigenvalue weighted by atomic mass is 16.5. The van der Waals surface area contributed by atoms with Crippen molar-refractivity contribution in [3.63, 3.8) is 0 Å². The van der Waals surface area contributed by atoms with Gasteiger partial charge in [0.2, 0.25) is 0 Å². The van der Waals surface area contributed by atoms with Gasteiger partial charge in [-0.2, -0.15) is 5.10 Å². The molecule has 7 heteroatoms. The second kappa shape index (κ2) is 9.83. The number of ether oxygens (including phenoxy) is 2. The zero-order valence-electron chi connectivity index (χ0n) is 18.1. The Kier molecular flexibility index (Phi) is 6.96. The summed E-state index contributed by atoms with van der Waals surface area (Å²) >= 11 is 0. The minimum atomic E-state index is -0.300. The van der Waals surface area contributed by atoms with Crippen molar-refractivity contribution in [2.45, 2.75) is 20.0 Å². The Morgan fingerprint density at radius 1 is 1.19 bits per heavy atom. The molecule has 3 aromatic rings. The summed E-state index contributed by atoms with van der Waals surface area (Å²) in [4.78, 5) is 12.8. The van der Waals surface area contributed by atoms with Crippen LogP contribution in [0.15, 0.2) is 48.7 Å². The topological polar surface area (TPSA) is 91.4 Å². The SMILES string of the molecule is COC[C@H](C)Oc1cc(C#Cc2ccc(C)c(N)c2)cc(C(=O)Nc2ccn(C)n2)c1. The number of nitrogen functional groups attached to an aromatic ring is 1. The van der Waals surface area contributed by atoms with Gasteiger partial charge < -0.3 is 20.5 Å². The third kappa shape index (κ3) is 6.11. The number of aromatic nitrogens is 2. The van der Waals surface area contributed by atoms with Crippen LogP contribution in [-0.4, -0.2) is 35.5 Å². The van der Waals surface area contributed by atoms with Gasteiger partial charge in [-0.1, -0.05) is 17.9 Å². The average molecular weight is 418 g/mol. The Bertz CT molecular complexity index is 1140. The molecule has 7 nitrogen and oxygen atoms in total. The lowest BCUT2D eigenvalue weighted by Gasteiger charge is -2.15.